The van der Waals surface area contributed by atoms with Crippen molar-refractivity contribution in [1.82, 2.24) is 0 Å². The Labute approximate surface area is 84.9 Å². The average molecular weight is 214 g/mol. The Bertz CT molecular complexity index is 395. The largest absolute Gasteiger partial charge is 0.398 e. The normalized spacial score (nSPS) is 21.3. The van der Waals surface area contributed by atoms with Crippen LogP contribution in [0.4, 0.5) is 13.2 Å². The van der Waals surface area contributed by atoms with Gasteiger partial charge in [0.25, 0.3) is 0 Å². The van der Waals surface area contributed by atoms with Crippen molar-refractivity contribution in [3.8, 4) is 0 Å². The number of ketones is 1. The standard InChI is InChI=1S/C11H9F3O/c12-11(13,14)9-6-5-7-3-1-2-4-8(7)10(9)15/h1-4,9H,5-6H2/t9-/m0/s1. The quantitative estimate of drug-likeness (QED) is 0.648. The van der Waals surface area contributed by atoms with E-state index in [1.165, 1.54) is 6.07 Å². The second kappa shape index (κ2) is 3.36. The van der Waals surface area contributed by atoms with E-state index in [1.54, 1.807) is 18.2 Å². The van der Waals surface area contributed by atoms with Crippen LogP contribution in [0.3, 0.4) is 0 Å². The molecule has 0 saturated heterocycles. The van der Waals surface area contributed by atoms with Crippen molar-refractivity contribution in [3.05, 3.63) is 35.4 Å². The Morgan fingerprint density at radius 3 is 2.53 bits per heavy atom. The molecule has 1 aromatic rings. The molecule has 1 aromatic carbocycles. The fourth-order valence-corrected chi connectivity index (χ4v) is 1.91. The molecule has 0 N–H and O–H groups in total. The molecule has 15 heavy (non-hydrogen) atoms. The number of carbonyl (C=O) groups is 1. The Hall–Kier alpha value is -1.32. The molecular formula is C11H9F3O. The van der Waals surface area contributed by atoms with E-state index in [2.05, 4.69) is 0 Å². The molecule has 80 valence electrons. The average Bonchev–Trinajstić information content (AvgIpc) is 2.16. The van der Waals surface area contributed by atoms with E-state index < -0.39 is 17.9 Å². The van der Waals surface area contributed by atoms with Crippen molar-refractivity contribution in [2.45, 2.75) is 19.0 Å². The van der Waals surface area contributed by atoms with Gasteiger partial charge >= 0.3 is 6.18 Å². The molecule has 1 aliphatic carbocycles. The van der Waals surface area contributed by atoms with E-state index in [-0.39, 0.29) is 12.0 Å². The van der Waals surface area contributed by atoms with Gasteiger partial charge in [-0.25, -0.2) is 0 Å². The summed E-state index contributed by atoms with van der Waals surface area (Å²) < 4.78 is 37.4. The van der Waals surface area contributed by atoms with Crippen LogP contribution in [0.25, 0.3) is 0 Å². The van der Waals surface area contributed by atoms with Crippen molar-refractivity contribution < 1.29 is 18.0 Å². The highest BCUT2D eigenvalue weighted by Crippen LogP contribution is 2.36. The molecule has 0 radical (unpaired) electrons. The van der Waals surface area contributed by atoms with Gasteiger partial charge in [-0.2, -0.15) is 13.2 Å². The maximum Gasteiger partial charge on any atom is 0.398 e. The van der Waals surface area contributed by atoms with Gasteiger partial charge in [0.2, 0.25) is 0 Å². The van der Waals surface area contributed by atoms with Gasteiger partial charge in [0.1, 0.15) is 5.92 Å². The molecule has 0 spiro atoms. The first-order valence-electron chi connectivity index (χ1n) is 4.69. The number of hydrogen-bond donors (Lipinski definition) is 0. The number of benzene rings is 1. The molecule has 2 rings (SSSR count). The third-order valence-corrected chi connectivity index (χ3v) is 2.70. The molecule has 4 heteroatoms. The summed E-state index contributed by atoms with van der Waals surface area (Å²) in [6.07, 6.45) is -4.21. The van der Waals surface area contributed by atoms with Crippen LogP contribution in [-0.2, 0) is 6.42 Å². The van der Waals surface area contributed by atoms with Crippen molar-refractivity contribution in [2.75, 3.05) is 0 Å². The van der Waals surface area contributed by atoms with Crippen molar-refractivity contribution in [3.63, 3.8) is 0 Å². The number of halogens is 3. The van der Waals surface area contributed by atoms with Gasteiger partial charge in [0.05, 0.1) is 0 Å². The van der Waals surface area contributed by atoms with Gasteiger partial charge in [0, 0.05) is 5.56 Å². The summed E-state index contributed by atoms with van der Waals surface area (Å²) in [6, 6.07) is 6.50. The topological polar surface area (TPSA) is 17.1 Å². The van der Waals surface area contributed by atoms with Gasteiger partial charge in [-0.1, -0.05) is 24.3 Å². The lowest BCUT2D eigenvalue weighted by Gasteiger charge is -2.24. The number of Topliss-reactive ketones (excluding diaryl/α,β-unsaturated/α-hetero) is 1. The molecule has 1 aliphatic rings. The second-order valence-corrected chi connectivity index (χ2v) is 3.65. The summed E-state index contributed by atoms with van der Waals surface area (Å²) >= 11 is 0. The first-order valence-corrected chi connectivity index (χ1v) is 4.69. The highest BCUT2D eigenvalue weighted by molar-refractivity contribution is 6.00. The molecular weight excluding hydrogens is 205 g/mol. The molecule has 1 nitrogen and oxygen atoms in total. The van der Waals surface area contributed by atoms with Crippen LogP contribution in [0.15, 0.2) is 24.3 Å². The summed E-state index contributed by atoms with van der Waals surface area (Å²) in [6.45, 7) is 0. The molecule has 0 aromatic heterocycles. The zero-order valence-corrected chi connectivity index (χ0v) is 7.84. The van der Waals surface area contributed by atoms with Crippen LogP contribution in [-0.4, -0.2) is 12.0 Å². The number of fused-ring (bicyclic) bond motifs is 1. The summed E-state index contributed by atoms with van der Waals surface area (Å²) in [5.41, 5.74) is 0.953. The maximum absolute atomic E-state index is 12.5. The third kappa shape index (κ3) is 1.76. The number of carbonyl (C=O) groups excluding carboxylic acids is 1. The van der Waals surface area contributed by atoms with E-state index in [4.69, 9.17) is 0 Å². The molecule has 0 fully saturated rings. The molecule has 0 aliphatic heterocycles. The van der Waals surface area contributed by atoms with Crippen molar-refractivity contribution >= 4 is 5.78 Å². The van der Waals surface area contributed by atoms with Gasteiger partial charge in [0.15, 0.2) is 5.78 Å². The Kier molecular flexibility index (Phi) is 2.29. The van der Waals surface area contributed by atoms with Crippen LogP contribution >= 0.6 is 0 Å². The first-order chi connectivity index (χ1) is 7.00. The summed E-state index contributed by atoms with van der Waals surface area (Å²) in [5, 5.41) is 0. The zero-order valence-electron chi connectivity index (χ0n) is 7.84. The van der Waals surface area contributed by atoms with E-state index >= 15 is 0 Å². The van der Waals surface area contributed by atoms with Gasteiger partial charge in [-0.3, -0.25) is 4.79 Å². The Balaban J connectivity index is 2.38. The molecule has 0 amide bonds. The maximum atomic E-state index is 12.5. The Morgan fingerprint density at radius 2 is 1.87 bits per heavy atom. The van der Waals surface area contributed by atoms with Crippen molar-refractivity contribution in [2.24, 2.45) is 5.92 Å². The van der Waals surface area contributed by atoms with Crippen LogP contribution < -0.4 is 0 Å². The number of aryl methyl sites for hydroxylation is 1. The highest BCUT2D eigenvalue weighted by atomic mass is 19.4. The van der Waals surface area contributed by atoms with Crippen LogP contribution in [0.5, 0.6) is 0 Å². The minimum Gasteiger partial charge on any atom is -0.293 e. The van der Waals surface area contributed by atoms with Gasteiger partial charge < -0.3 is 0 Å². The number of rotatable bonds is 0. The van der Waals surface area contributed by atoms with Crippen LogP contribution in [0, 0.1) is 5.92 Å². The van der Waals surface area contributed by atoms with Crippen LogP contribution in [0.2, 0.25) is 0 Å². The van der Waals surface area contributed by atoms with Gasteiger partial charge in [-0.15, -0.1) is 0 Å². The van der Waals surface area contributed by atoms with E-state index in [0.717, 1.165) is 5.56 Å². The molecule has 0 heterocycles. The van der Waals surface area contributed by atoms with Crippen LogP contribution in [0.1, 0.15) is 22.3 Å². The molecule has 0 saturated carbocycles. The summed E-state index contributed by atoms with van der Waals surface area (Å²) in [7, 11) is 0. The summed E-state index contributed by atoms with van der Waals surface area (Å²) in [5.74, 6) is -2.60. The SMILES string of the molecule is O=C1c2ccccc2CC[C@@H]1C(F)(F)F. The monoisotopic (exact) mass is 214 g/mol. The predicted octanol–water partition coefficient (Wildman–Crippen LogP) is 2.99. The first kappa shape index (κ1) is 10.2. The number of hydrogen-bond acceptors (Lipinski definition) is 1. The third-order valence-electron chi connectivity index (χ3n) is 2.70. The van der Waals surface area contributed by atoms with Crippen molar-refractivity contribution in [1.29, 1.82) is 0 Å². The fraction of sp³-hybridized carbons (Fsp3) is 0.364. The predicted molar refractivity (Wildman–Crippen MR) is 48.6 cm³/mol. The fourth-order valence-electron chi connectivity index (χ4n) is 1.91. The van der Waals surface area contributed by atoms with E-state index in [1.807, 2.05) is 0 Å². The Morgan fingerprint density at radius 1 is 1.20 bits per heavy atom. The van der Waals surface area contributed by atoms with E-state index in [0.29, 0.717) is 6.42 Å². The molecule has 0 bridgehead atoms. The zero-order chi connectivity index (χ0) is 11.1. The molecule has 1 atom stereocenters. The van der Waals surface area contributed by atoms with E-state index in [9.17, 15) is 18.0 Å². The lowest BCUT2D eigenvalue weighted by atomic mass is 9.82. The lowest BCUT2D eigenvalue weighted by molar-refractivity contribution is -0.162. The number of alkyl halides is 3. The summed E-state index contributed by atoms with van der Waals surface area (Å²) in [4.78, 5) is 11.5. The highest BCUT2D eigenvalue weighted by Gasteiger charge is 2.46. The molecule has 0 unspecified atom stereocenters. The van der Waals surface area contributed by atoms with Gasteiger partial charge in [-0.05, 0) is 18.4 Å². The minimum absolute atomic E-state index is 0.126. The second-order valence-electron chi connectivity index (χ2n) is 3.65. The smallest absolute Gasteiger partial charge is 0.293 e. The lowest BCUT2D eigenvalue weighted by Crippen LogP contribution is -2.34. The minimum atomic E-state index is -4.41.